The molecule has 27 heavy (non-hydrogen) atoms. The molecule has 0 fully saturated rings. The van der Waals surface area contributed by atoms with E-state index in [2.05, 4.69) is 78.9 Å². The summed E-state index contributed by atoms with van der Waals surface area (Å²) in [6.45, 7) is 0. The van der Waals surface area contributed by atoms with Crippen LogP contribution >= 0.6 is 47.8 Å². The molecule has 9 heteroatoms. The summed E-state index contributed by atoms with van der Waals surface area (Å²) in [5.74, 6) is 0. The summed E-state index contributed by atoms with van der Waals surface area (Å²) in [5, 5.41) is 23.5. The Morgan fingerprint density at radius 2 is 1.15 bits per heavy atom. The van der Waals surface area contributed by atoms with Crippen LogP contribution in [0.3, 0.4) is 0 Å². The third kappa shape index (κ3) is 6.67. The minimum absolute atomic E-state index is 0.388. The number of halogens is 1. The lowest BCUT2D eigenvalue weighted by atomic mass is 10.00. The number of hydrogen-bond donors (Lipinski definition) is 4. The largest absolute Gasteiger partial charge is 0.366 e. The Morgan fingerprint density at radius 1 is 0.704 bits per heavy atom. The zero-order valence-corrected chi connectivity index (χ0v) is 18.7. The minimum atomic E-state index is 0.388. The Bertz CT molecular complexity index is 876. The number of nitrogens with zero attached hydrogens (tertiary/aromatic N) is 4. The van der Waals surface area contributed by atoms with Gasteiger partial charge >= 0.3 is 0 Å². The first-order valence-electron chi connectivity index (χ1n) is 7.91. The van der Waals surface area contributed by atoms with E-state index in [0.717, 1.165) is 14.7 Å². The molecule has 0 saturated heterocycles. The van der Waals surface area contributed by atoms with Crippen molar-refractivity contribution in [2.75, 3.05) is 14.1 Å². The molecular formula is C18H19IN6S2. The zero-order chi connectivity index (χ0) is 19.6. The molecule has 0 aliphatic carbocycles. The smallest absolute Gasteiger partial charge is 0.179 e. The second-order valence-corrected chi connectivity index (χ2v) is 7.21. The van der Waals surface area contributed by atoms with Gasteiger partial charge in [0.1, 0.15) is 11.4 Å². The van der Waals surface area contributed by atoms with Crippen molar-refractivity contribution in [3.05, 3.63) is 69.3 Å². The van der Waals surface area contributed by atoms with Gasteiger partial charge in [-0.1, -0.05) is 42.5 Å². The van der Waals surface area contributed by atoms with Gasteiger partial charge in [-0.15, -0.1) is 45.7 Å². The van der Waals surface area contributed by atoms with Crippen LogP contribution in [-0.4, -0.2) is 35.9 Å². The fraction of sp³-hybridized carbons (Fsp3) is 0.111. The third-order valence-electron chi connectivity index (χ3n) is 3.33. The van der Waals surface area contributed by atoms with Gasteiger partial charge in [-0.25, -0.2) is 0 Å². The molecule has 0 aliphatic rings. The molecule has 6 nitrogen and oxygen atoms in total. The summed E-state index contributed by atoms with van der Waals surface area (Å²) in [6, 6.07) is 17.6. The Kier molecular flexibility index (Phi) is 8.82. The van der Waals surface area contributed by atoms with E-state index in [0.29, 0.717) is 21.8 Å². The van der Waals surface area contributed by atoms with E-state index in [9.17, 15) is 0 Å². The molecule has 0 spiro atoms. The zero-order valence-electron chi connectivity index (χ0n) is 14.8. The van der Waals surface area contributed by atoms with Gasteiger partial charge in [-0.3, -0.25) is 0 Å². The van der Waals surface area contributed by atoms with Crippen molar-refractivity contribution in [3.63, 3.8) is 0 Å². The Hall–Kier alpha value is -1.85. The predicted octanol–water partition coefficient (Wildman–Crippen LogP) is 3.41. The average molecular weight is 510 g/mol. The second-order valence-electron chi connectivity index (χ2n) is 5.12. The number of nitrogens with one attached hydrogen (secondary N) is 2. The maximum Gasteiger partial charge on any atom is 0.179 e. The van der Waals surface area contributed by atoms with E-state index in [1.54, 1.807) is 14.1 Å². The molecule has 0 aliphatic heterocycles. The molecule has 2 N–H and O–H groups in total. The van der Waals surface area contributed by atoms with Crippen molar-refractivity contribution in [1.82, 2.24) is 10.6 Å². The number of amidine groups is 2. The van der Waals surface area contributed by atoms with Gasteiger partial charge in [-0.05, 0) is 34.7 Å². The van der Waals surface area contributed by atoms with Gasteiger partial charge in [0.05, 0.1) is 0 Å². The molecule has 0 amide bonds. The highest BCUT2D eigenvalue weighted by Gasteiger charge is 2.15. The van der Waals surface area contributed by atoms with Crippen molar-refractivity contribution in [2.45, 2.75) is 0 Å². The van der Waals surface area contributed by atoms with Crippen molar-refractivity contribution in [1.29, 1.82) is 0 Å². The molecule has 0 atom stereocenters. The average Bonchev–Trinajstić information content (AvgIpc) is 2.71. The molecule has 2 aromatic carbocycles. The van der Waals surface area contributed by atoms with Gasteiger partial charge in [0.2, 0.25) is 0 Å². The molecule has 0 bridgehead atoms. The van der Waals surface area contributed by atoms with E-state index in [4.69, 9.17) is 0 Å². The fourth-order valence-electron chi connectivity index (χ4n) is 1.98. The monoisotopic (exact) mass is 510 g/mol. The summed E-state index contributed by atoms with van der Waals surface area (Å²) < 4.78 is 1.12. The normalized spacial score (nSPS) is 13.5. The van der Waals surface area contributed by atoms with Gasteiger partial charge in [0.25, 0.3) is 0 Å². The van der Waals surface area contributed by atoms with Gasteiger partial charge in [0.15, 0.2) is 10.3 Å². The van der Waals surface area contributed by atoms with Crippen molar-refractivity contribution < 1.29 is 0 Å². The van der Waals surface area contributed by atoms with Gasteiger partial charge < -0.3 is 10.6 Å². The van der Waals surface area contributed by atoms with Crippen LogP contribution in [-0.2, 0) is 0 Å². The highest BCUT2D eigenvalue weighted by atomic mass is 127. The number of rotatable bonds is 5. The lowest BCUT2D eigenvalue weighted by molar-refractivity contribution is 1.13. The first-order chi connectivity index (χ1) is 13.0. The van der Waals surface area contributed by atoms with Crippen LogP contribution in [0.5, 0.6) is 0 Å². The number of thiol groups is 2. The molecule has 140 valence electrons. The van der Waals surface area contributed by atoms with E-state index < -0.39 is 0 Å². The summed E-state index contributed by atoms with van der Waals surface area (Å²) in [5.41, 5.74) is 2.86. The Morgan fingerprint density at radius 3 is 1.59 bits per heavy atom. The maximum atomic E-state index is 4.39. The molecule has 2 aromatic rings. The lowest BCUT2D eigenvalue weighted by Crippen LogP contribution is -2.19. The SMILES string of the molecule is CN/C(S)=N/N=C(/C(=N/N=C(\S)NC)c1ccc(I)cc1)c1ccccc1. The molecule has 0 radical (unpaired) electrons. The number of benzene rings is 2. The van der Waals surface area contributed by atoms with Crippen molar-refractivity contribution >= 4 is 69.6 Å². The summed E-state index contributed by atoms with van der Waals surface area (Å²) >= 11 is 10.7. The van der Waals surface area contributed by atoms with Crippen LogP contribution in [0, 0.1) is 3.57 Å². The molecule has 0 saturated carbocycles. The molecule has 0 aromatic heterocycles. The van der Waals surface area contributed by atoms with Crippen LogP contribution in [0.1, 0.15) is 11.1 Å². The first-order valence-corrected chi connectivity index (χ1v) is 9.89. The quantitative estimate of drug-likeness (QED) is 0.164. The fourth-order valence-corrected chi connectivity index (χ4v) is 2.43. The van der Waals surface area contributed by atoms with Crippen molar-refractivity contribution in [2.24, 2.45) is 20.4 Å². The molecular weight excluding hydrogens is 491 g/mol. The van der Waals surface area contributed by atoms with Crippen molar-refractivity contribution in [3.8, 4) is 0 Å². The van der Waals surface area contributed by atoms with Crippen LogP contribution in [0.2, 0.25) is 0 Å². The predicted molar refractivity (Wildman–Crippen MR) is 130 cm³/mol. The minimum Gasteiger partial charge on any atom is -0.366 e. The molecule has 2 rings (SSSR count). The summed E-state index contributed by atoms with van der Waals surface area (Å²) in [4.78, 5) is 0. The maximum absolute atomic E-state index is 4.39. The highest BCUT2D eigenvalue weighted by molar-refractivity contribution is 14.1. The third-order valence-corrected chi connectivity index (χ3v) is 4.67. The number of hydrogen-bond acceptors (Lipinski definition) is 4. The summed E-state index contributed by atoms with van der Waals surface area (Å²) in [7, 11) is 3.45. The van der Waals surface area contributed by atoms with E-state index in [-0.39, 0.29) is 0 Å². The van der Waals surface area contributed by atoms with E-state index in [1.807, 2.05) is 54.6 Å². The van der Waals surface area contributed by atoms with Crippen LogP contribution in [0.4, 0.5) is 0 Å². The Balaban J connectivity index is 2.67. The van der Waals surface area contributed by atoms with Crippen LogP contribution in [0.15, 0.2) is 75.0 Å². The first kappa shape index (κ1) is 21.5. The van der Waals surface area contributed by atoms with E-state index >= 15 is 0 Å². The van der Waals surface area contributed by atoms with Gasteiger partial charge in [-0.2, -0.15) is 0 Å². The summed E-state index contributed by atoms with van der Waals surface area (Å²) in [6.07, 6.45) is 0. The van der Waals surface area contributed by atoms with E-state index in [1.165, 1.54) is 0 Å². The Labute approximate surface area is 183 Å². The molecule has 0 unspecified atom stereocenters. The molecule has 0 heterocycles. The second kappa shape index (κ2) is 11.1. The highest BCUT2D eigenvalue weighted by Crippen LogP contribution is 2.14. The standard InChI is InChI=1S/C18H19IN6S2/c1-20-17(26)24-22-15(12-6-4-3-5-7-12)16(23-25-18(27)21-2)13-8-10-14(19)11-9-13/h3-11H,1-2H3,(H2,20,24,26)(H2,21,25,27)/b22-15+,23-16+. The lowest BCUT2D eigenvalue weighted by Gasteiger charge is -2.09. The van der Waals surface area contributed by atoms with Gasteiger partial charge in [0, 0.05) is 28.8 Å². The topological polar surface area (TPSA) is 73.5 Å². The van der Waals surface area contributed by atoms with Crippen LogP contribution in [0.25, 0.3) is 0 Å². The van der Waals surface area contributed by atoms with Crippen LogP contribution < -0.4 is 10.6 Å².